The van der Waals surface area contributed by atoms with Crippen molar-refractivity contribution in [1.29, 1.82) is 0 Å². The van der Waals surface area contributed by atoms with E-state index in [0.717, 1.165) is 29.2 Å². The molecular weight excluding hydrogens is 258 g/mol. The van der Waals surface area contributed by atoms with Crippen LogP contribution in [0.4, 0.5) is 5.95 Å². The van der Waals surface area contributed by atoms with Crippen molar-refractivity contribution < 1.29 is 9.47 Å². The third-order valence-corrected chi connectivity index (χ3v) is 3.05. The number of rotatable bonds is 4. The molecule has 20 heavy (non-hydrogen) atoms. The molecule has 0 atom stereocenters. The summed E-state index contributed by atoms with van der Waals surface area (Å²) in [4.78, 5) is 18.5. The van der Waals surface area contributed by atoms with Crippen LogP contribution in [0.2, 0.25) is 0 Å². The van der Waals surface area contributed by atoms with Crippen molar-refractivity contribution in [2.24, 2.45) is 0 Å². The molecule has 0 saturated heterocycles. The second-order valence-electron chi connectivity index (χ2n) is 4.48. The summed E-state index contributed by atoms with van der Waals surface area (Å²) >= 11 is 0. The smallest absolute Gasteiger partial charge is 0.252 e. The van der Waals surface area contributed by atoms with Gasteiger partial charge in [0.05, 0.1) is 0 Å². The lowest BCUT2D eigenvalue weighted by Gasteiger charge is -2.07. The quantitative estimate of drug-likeness (QED) is 0.886. The summed E-state index contributed by atoms with van der Waals surface area (Å²) in [5.74, 6) is 1.98. The lowest BCUT2D eigenvalue weighted by molar-refractivity contribution is 0.174. The maximum absolute atomic E-state index is 11.5. The van der Waals surface area contributed by atoms with E-state index in [1.165, 1.54) is 6.07 Å². The second kappa shape index (κ2) is 5.24. The van der Waals surface area contributed by atoms with E-state index in [1.54, 1.807) is 0 Å². The predicted molar refractivity (Wildman–Crippen MR) is 74.1 cm³/mol. The zero-order valence-electron chi connectivity index (χ0n) is 11.1. The molecule has 2 aromatic rings. The molecule has 1 aliphatic rings. The van der Waals surface area contributed by atoms with Gasteiger partial charge in [-0.25, -0.2) is 4.98 Å². The number of fused-ring (bicyclic) bond motifs is 1. The van der Waals surface area contributed by atoms with Crippen molar-refractivity contribution in [2.45, 2.75) is 19.9 Å². The van der Waals surface area contributed by atoms with Gasteiger partial charge < -0.3 is 14.8 Å². The summed E-state index contributed by atoms with van der Waals surface area (Å²) in [6.07, 6.45) is 0.725. The van der Waals surface area contributed by atoms with Gasteiger partial charge in [-0.15, -0.1) is 0 Å². The van der Waals surface area contributed by atoms with Gasteiger partial charge in [-0.1, -0.05) is 13.0 Å². The number of ether oxygens (including phenoxy) is 2. The van der Waals surface area contributed by atoms with Gasteiger partial charge in [0.2, 0.25) is 12.7 Å². The van der Waals surface area contributed by atoms with Crippen molar-refractivity contribution in [3.63, 3.8) is 0 Å². The minimum atomic E-state index is -0.148. The number of benzene rings is 1. The van der Waals surface area contributed by atoms with Crippen LogP contribution in [-0.4, -0.2) is 16.8 Å². The van der Waals surface area contributed by atoms with E-state index in [2.05, 4.69) is 15.3 Å². The van der Waals surface area contributed by atoms with E-state index in [9.17, 15) is 4.79 Å². The first-order chi connectivity index (χ1) is 9.74. The van der Waals surface area contributed by atoms with Crippen molar-refractivity contribution in [1.82, 2.24) is 9.97 Å². The standard InChI is InChI=1S/C14H15N3O3/c1-2-10-6-13(18)17-14(16-10)15-7-9-3-4-11-12(5-9)20-8-19-11/h3-6H,2,7-8H2,1H3,(H2,15,16,17,18). The van der Waals surface area contributed by atoms with E-state index >= 15 is 0 Å². The molecule has 2 heterocycles. The zero-order chi connectivity index (χ0) is 13.9. The first kappa shape index (κ1) is 12.5. The summed E-state index contributed by atoms with van der Waals surface area (Å²) in [5.41, 5.74) is 1.64. The average molecular weight is 273 g/mol. The number of hydrogen-bond acceptors (Lipinski definition) is 5. The van der Waals surface area contributed by atoms with E-state index in [0.29, 0.717) is 12.5 Å². The molecular formula is C14H15N3O3. The molecule has 0 aliphatic carbocycles. The molecule has 0 amide bonds. The Bertz CT molecular complexity index is 682. The zero-order valence-corrected chi connectivity index (χ0v) is 11.1. The molecule has 0 saturated carbocycles. The molecule has 0 spiro atoms. The first-order valence-corrected chi connectivity index (χ1v) is 6.47. The highest BCUT2D eigenvalue weighted by Crippen LogP contribution is 2.32. The fraction of sp³-hybridized carbons (Fsp3) is 0.286. The van der Waals surface area contributed by atoms with Gasteiger partial charge in [0, 0.05) is 18.3 Å². The molecule has 1 aromatic carbocycles. The minimum Gasteiger partial charge on any atom is -0.454 e. The molecule has 1 aromatic heterocycles. The number of aromatic amines is 1. The third-order valence-electron chi connectivity index (χ3n) is 3.05. The molecule has 3 rings (SSSR count). The van der Waals surface area contributed by atoms with Crippen molar-refractivity contribution >= 4 is 5.95 Å². The molecule has 6 heteroatoms. The van der Waals surface area contributed by atoms with Crippen LogP contribution >= 0.6 is 0 Å². The Morgan fingerprint density at radius 3 is 3.00 bits per heavy atom. The summed E-state index contributed by atoms with van der Waals surface area (Å²) in [5, 5.41) is 3.10. The van der Waals surface area contributed by atoms with Gasteiger partial charge in [0.25, 0.3) is 5.56 Å². The Morgan fingerprint density at radius 2 is 2.15 bits per heavy atom. The monoisotopic (exact) mass is 273 g/mol. The third kappa shape index (κ3) is 2.59. The fourth-order valence-corrected chi connectivity index (χ4v) is 2.01. The highest BCUT2D eigenvalue weighted by molar-refractivity contribution is 5.45. The van der Waals surface area contributed by atoms with Crippen molar-refractivity contribution in [3.8, 4) is 11.5 Å². The average Bonchev–Trinajstić information content (AvgIpc) is 2.92. The molecule has 6 nitrogen and oxygen atoms in total. The van der Waals surface area contributed by atoms with Crippen LogP contribution in [0.1, 0.15) is 18.2 Å². The van der Waals surface area contributed by atoms with Crippen LogP contribution in [0, 0.1) is 0 Å². The van der Waals surface area contributed by atoms with Crippen LogP contribution in [0.3, 0.4) is 0 Å². The Morgan fingerprint density at radius 1 is 1.30 bits per heavy atom. The number of aryl methyl sites for hydroxylation is 1. The van der Waals surface area contributed by atoms with Crippen LogP contribution in [0.5, 0.6) is 11.5 Å². The molecule has 104 valence electrons. The van der Waals surface area contributed by atoms with Gasteiger partial charge in [0.15, 0.2) is 11.5 Å². The fourth-order valence-electron chi connectivity index (χ4n) is 2.01. The number of H-pyrrole nitrogens is 1. The summed E-state index contributed by atoms with van der Waals surface area (Å²) in [7, 11) is 0. The number of nitrogens with zero attached hydrogens (tertiary/aromatic N) is 1. The highest BCUT2D eigenvalue weighted by Gasteiger charge is 2.13. The van der Waals surface area contributed by atoms with Gasteiger partial charge in [-0.3, -0.25) is 9.78 Å². The van der Waals surface area contributed by atoms with E-state index in [1.807, 2.05) is 25.1 Å². The van der Waals surface area contributed by atoms with Gasteiger partial charge >= 0.3 is 0 Å². The molecule has 1 aliphatic heterocycles. The maximum atomic E-state index is 11.5. The molecule has 0 radical (unpaired) electrons. The lowest BCUT2D eigenvalue weighted by Crippen LogP contribution is -2.13. The van der Waals surface area contributed by atoms with Gasteiger partial charge in [0.1, 0.15) is 0 Å². The van der Waals surface area contributed by atoms with Crippen molar-refractivity contribution in [2.75, 3.05) is 12.1 Å². The highest BCUT2D eigenvalue weighted by atomic mass is 16.7. The lowest BCUT2D eigenvalue weighted by atomic mass is 10.2. The Hall–Kier alpha value is -2.50. The summed E-state index contributed by atoms with van der Waals surface area (Å²) in [6, 6.07) is 7.24. The van der Waals surface area contributed by atoms with E-state index in [4.69, 9.17) is 9.47 Å². The molecule has 0 unspecified atom stereocenters. The number of anilines is 1. The number of aromatic nitrogens is 2. The Balaban J connectivity index is 1.73. The van der Waals surface area contributed by atoms with E-state index in [-0.39, 0.29) is 12.4 Å². The summed E-state index contributed by atoms with van der Waals surface area (Å²) in [6.45, 7) is 2.77. The van der Waals surface area contributed by atoms with Gasteiger partial charge in [-0.2, -0.15) is 0 Å². The largest absolute Gasteiger partial charge is 0.454 e. The topological polar surface area (TPSA) is 76.2 Å². The number of nitrogens with one attached hydrogen (secondary N) is 2. The van der Waals surface area contributed by atoms with Crippen LogP contribution in [0.15, 0.2) is 29.1 Å². The predicted octanol–water partition coefficient (Wildman–Crippen LogP) is 1.67. The maximum Gasteiger partial charge on any atom is 0.252 e. The molecule has 0 bridgehead atoms. The summed E-state index contributed by atoms with van der Waals surface area (Å²) < 4.78 is 10.6. The van der Waals surface area contributed by atoms with Crippen LogP contribution in [-0.2, 0) is 13.0 Å². The molecule has 2 N–H and O–H groups in total. The number of hydrogen-bond donors (Lipinski definition) is 2. The Kier molecular flexibility index (Phi) is 3.28. The Labute approximate surface area is 115 Å². The van der Waals surface area contributed by atoms with E-state index < -0.39 is 0 Å². The van der Waals surface area contributed by atoms with Crippen LogP contribution in [0.25, 0.3) is 0 Å². The normalized spacial score (nSPS) is 12.4. The SMILES string of the molecule is CCc1cc(=O)[nH]c(NCc2ccc3c(c2)OCO3)n1. The first-order valence-electron chi connectivity index (χ1n) is 6.47. The molecule has 0 fully saturated rings. The van der Waals surface area contributed by atoms with Crippen LogP contribution < -0.4 is 20.3 Å². The van der Waals surface area contributed by atoms with Gasteiger partial charge in [-0.05, 0) is 24.1 Å². The second-order valence-corrected chi connectivity index (χ2v) is 4.48. The van der Waals surface area contributed by atoms with Crippen molar-refractivity contribution in [3.05, 3.63) is 45.9 Å². The minimum absolute atomic E-state index is 0.148.